The SMILES string of the molecule is CCCNC(Cc1ncc[nH]1)C1C2CCCC21. The molecule has 0 spiro atoms. The molecule has 0 aliphatic heterocycles. The van der Waals surface area contributed by atoms with Crippen molar-refractivity contribution in [3.8, 4) is 0 Å². The second kappa shape index (κ2) is 4.81. The van der Waals surface area contributed by atoms with Gasteiger partial charge in [0.05, 0.1) is 0 Å². The molecule has 0 aromatic carbocycles. The Kier molecular flexibility index (Phi) is 3.19. The molecule has 2 N–H and O–H groups in total. The molecule has 0 bridgehead atoms. The smallest absolute Gasteiger partial charge is 0.107 e. The zero-order valence-corrected chi connectivity index (χ0v) is 10.7. The lowest BCUT2D eigenvalue weighted by molar-refractivity contribution is 0.398. The van der Waals surface area contributed by atoms with Crippen LogP contribution >= 0.6 is 0 Å². The molecule has 3 atom stereocenters. The zero-order valence-electron chi connectivity index (χ0n) is 10.7. The van der Waals surface area contributed by atoms with Crippen LogP contribution in [0.5, 0.6) is 0 Å². The van der Waals surface area contributed by atoms with Gasteiger partial charge in [0.25, 0.3) is 0 Å². The average molecular weight is 233 g/mol. The van der Waals surface area contributed by atoms with Crippen LogP contribution in [0.4, 0.5) is 0 Å². The van der Waals surface area contributed by atoms with E-state index in [2.05, 4.69) is 22.2 Å². The number of H-pyrrole nitrogens is 1. The van der Waals surface area contributed by atoms with Crippen molar-refractivity contribution in [2.24, 2.45) is 17.8 Å². The number of nitrogens with zero attached hydrogens (tertiary/aromatic N) is 1. The van der Waals surface area contributed by atoms with Gasteiger partial charge in [-0.1, -0.05) is 13.3 Å². The Balaban J connectivity index is 1.61. The molecule has 1 aromatic rings. The van der Waals surface area contributed by atoms with E-state index in [-0.39, 0.29) is 0 Å². The van der Waals surface area contributed by atoms with E-state index >= 15 is 0 Å². The van der Waals surface area contributed by atoms with Gasteiger partial charge in [0.15, 0.2) is 0 Å². The molecule has 2 fully saturated rings. The Morgan fingerprint density at radius 3 is 2.94 bits per heavy atom. The van der Waals surface area contributed by atoms with Crippen molar-refractivity contribution < 1.29 is 0 Å². The van der Waals surface area contributed by atoms with Crippen LogP contribution < -0.4 is 5.32 Å². The molecule has 0 amide bonds. The van der Waals surface area contributed by atoms with Crippen LogP contribution in [0.2, 0.25) is 0 Å². The van der Waals surface area contributed by atoms with Crippen LogP contribution in [-0.4, -0.2) is 22.6 Å². The molecule has 3 nitrogen and oxygen atoms in total. The summed E-state index contributed by atoms with van der Waals surface area (Å²) in [6.07, 6.45) is 10.5. The summed E-state index contributed by atoms with van der Waals surface area (Å²) < 4.78 is 0. The largest absolute Gasteiger partial charge is 0.349 e. The van der Waals surface area contributed by atoms with Crippen LogP contribution in [0.1, 0.15) is 38.4 Å². The topological polar surface area (TPSA) is 40.7 Å². The maximum atomic E-state index is 4.37. The zero-order chi connectivity index (χ0) is 11.7. The maximum absolute atomic E-state index is 4.37. The summed E-state index contributed by atoms with van der Waals surface area (Å²) in [6, 6.07) is 0.649. The Bertz CT molecular complexity index is 336. The van der Waals surface area contributed by atoms with Crippen LogP contribution in [-0.2, 0) is 6.42 Å². The lowest BCUT2D eigenvalue weighted by Gasteiger charge is -2.19. The molecule has 0 saturated heterocycles. The van der Waals surface area contributed by atoms with E-state index in [0.717, 1.165) is 36.5 Å². The van der Waals surface area contributed by atoms with E-state index in [1.54, 1.807) is 0 Å². The number of rotatable bonds is 6. The first kappa shape index (κ1) is 11.3. The molecule has 94 valence electrons. The molecule has 3 heteroatoms. The van der Waals surface area contributed by atoms with Crippen molar-refractivity contribution in [1.29, 1.82) is 0 Å². The summed E-state index contributed by atoms with van der Waals surface area (Å²) in [5.41, 5.74) is 0. The Labute approximate surface area is 103 Å². The van der Waals surface area contributed by atoms with Crippen LogP contribution in [0.3, 0.4) is 0 Å². The molecule has 1 aromatic heterocycles. The van der Waals surface area contributed by atoms with Gasteiger partial charge < -0.3 is 10.3 Å². The first-order valence-electron chi connectivity index (χ1n) is 7.11. The minimum atomic E-state index is 0.649. The number of aromatic nitrogens is 2. The third-order valence-corrected chi connectivity index (χ3v) is 4.56. The Hall–Kier alpha value is -0.830. The number of aromatic amines is 1. The normalized spacial score (nSPS) is 32.4. The van der Waals surface area contributed by atoms with E-state index in [0.29, 0.717) is 6.04 Å². The van der Waals surface area contributed by atoms with Crippen LogP contribution in [0, 0.1) is 17.8 Å². The van der Waals surface area contributed by atoms with Gasteiger partial charge in [-0.05, 0) is 43.6 Å². The van der Waals surface area contributed by atoms with Gasteiger partial charge >= 0.3 is 0 Å². The van der Waals surface area contributed by atoms with Crippen LogP contribution in [0.15, 0.2) is 12.4 Å². The number of imidazole rings is 1. The third-order valence-electron chi connectivity index (χ3n) is 4.56. The van der Waals surface area contributed by atoms with Gasteiger partial charge in [0, 0.05) is 24.9 Å². The number of hydrogen-bond acceptors (Lipinski definition) is 2. The second-order valence-electron chi connectivity index (χ2n) is 5.64. The van der Waals surface area contributed by atoms with Crippen molar-refractivity contribution in [2.45, 2.75) is 45.1 Å². The van der Waals surface area contributed by atoms with Gasteiger partial charge in [0.2, 0.25) is 0 Å². The van der Waals surface area contributed by atoms with Crippen molar-refractivity contribution >= 4 is 0 Å². The van der Waals surface area contributed by atoms with Gasteiger partial charge in [0.1, 0.15) is 5.82 Å². The van der Waals surface area contributed by atoms with Gasteiger partial charge in [-0.3, -0.25) is 0 Å². The monoisotopic (exact) mass is 233 g/mol. The summed E-state index contributed by atoms with van der Waals surface area (Å²) in [6.45, 7) is 3.38. The van der Waals surface area contributed by atoms with Crippen LogP contribution in [0.25, 0.3) is 0 Å². The molecule has 2 saturated carbocycles. The molecule has 3 unspecified atom stereocenters. The van der Waals surface area contributed by atoms with E-state index in [1.807, 2.05) is 12.4 Å². The van der Waals surface area contributed by atoms with Crippen molar-refractivity contribution in [1.82, 2.24) is 15.3 Å². The quantitative estimate of drug-likeness (QED) is 0.792. The fraction of sp³-hybridized carbons (Fsp3) is 0.786. The fourth-order valence-electron chi connectivity index (χ4n) is 3.77. The Morgan fingerprint density at radius 2 is 2.29 bits per heavy atom. The average Bonchev–Trinajstić information content (AvgIpc) is 2.81. The predicted octanol–water partition coefficient (Wildman–Crippen LogP) is 2.37. The number of nitrogens with one attached hydrogen (secondary N) is 2. The fourth-order valence-corrected chi connectivity index (χ4v) is 3.77. The number of fused-ring (bicyclic) bond motifs is 1. The summed E-state index contributed by atoms with van der Waals surface area (Å²) in [7, 11) is 0. The first-order valence-corrected chi connectivity index (χ1v) is 7.11. The van der Waals surface area contributed by atoms with E-state index in [9.17, 15) is 0 Å². The summed E-state index contributed by atoms with van der Waals surface area (Å²) in [4.78, 5) is 7.61. The Morgan fingerprint density at radius 1 is 1.47 bits per heavy atom. The maximum Gasteiger partial charge on any atom is 0.107 e. The molecule has 2 aliphatic carbocycles. The standard InChI is InChI=1S/C14H23N3/c1-2-6-15-12(9-13-16-7-8-17-13)14-10-4-3-5-11(10)14/h7-8,10-12,14-15H,2-6,9H2,1H3,(H,16,17). The molecule has 0 radical (unpaired) electrons. The van der Waals surface area contributed by atoms with E-state index in [1.165, 1.54) is 25.7 Å². The second-order valence-corrected chi connectivity index (χ2v) is 5.64. The molecular formula is C14H23N3. The van der Waals surface area contributed by atoms with Crippen molar-refractivity contribution in [2.75, 3.05) is 6.54 Å². The first-order chi connectivity index (χ1) is 8.40. The molecule has 2 aliphatic rings. The summed E-state index contributed by atoms with van der Waals surface area (Å²) in [5, 5.41) is 3.74. The van der Waals surface area contributed by atoms with E-state index < -0.39 is 0 Å². The molecule has 3 rings (SSSR count). The lowest BCUT2D eigenvalue weighted by atomic mass is 10.0. The molecular weight excluding hydrogens is 210 g/mol. The van der Waals surface area contributed by atoms with Gasteiger partial charge in [-0.15, -0.1) is 0 Å². The van der Waals surface area contributed by atoms with Gasteiger partial charge in [-0.25, -0.2) is 4.98 Å². The minimum Gasteiger partial charge on any atom is -0.349 e. The predicted molar refractivity (Wildman–Crippen MR) is 68.7 cm³/mol. The number of hydrogen-bond donors (Lipinski definition) is 2. The third kappa shape index (κ3) is 2.25. The molecule has 17 heavy (non-hydrogen) atoms. The summed E-state index contributed by atoms with van der Waals surface area (Å²) in [5.74, 6) is 4.13. The summed E-state index contributed by atoms with van der Waals surface area (Å²) >= 11 is 0. The lowest BCUT2D eigenvalue weighted by Crippen LogP contribution is -2.35. The van der Waals surface area contributed by atoms with Crippen molar-refractivity contribution in [3.05, 3.63) is 18.2 Å². The minimum absolute atomic E-state index is 0.649. The highest BCUT2D eigenvalue weighted by Gasteiger charge is 2.55. The van der Waals surface area contributed by atoms with Gasteiger partial charge in [-0.2, -0.15) is 0 Å². The highest BCUT2D eigenvalue weighted by molar-refractivity contribution is 5.08. The highest BCUT2D eigenvalue weighted by Crippen LogP contribution is 2.59. The highest BCUT2D eigenvalue weighted by atomic mass is 15.0. The van der Waals surface area contributed by atoms with E-state index in [4.69, 9.17) is 0 Å². The van der Waals surface area contributed by atoms with Crippen molar-refractivity contribution in [3.63, 3.8) is 0 Å². The molecule has 1 heterocycles.